The van der Waals surface area contributed by atoms with Crippen molar-refractivity contribution in [1.29, 1.82) is 0 Å². The number of nitrogens with zero attached hydrogens (tertiary/aromatic N) is 1. The molecule has 0 spiro atoms. The smallest absolute Gasteiger partial charge is 0.269 e. The van der Waals surface area contributed by atoms with Crippen LogP contribution < -0.4 is 10.1 Å². The number of nitrogens with one attached hydrogen (secondary N) is 1. The summed E-state index contributed by atoms with van der Waals surface area (Å²) in [7, 11) is 1.60. The maximum Gasteiger partial charge on any atom is 0.269 e. The van der Waals surface area contributed by atoms with Gasteiger partial charge in [-0.1, -0.05) is 12.1 Å². The molecule has 120 valence electrons. The summed E-state index contributed by atoms with van der Waals surface area (Å²) >= 11 is 1.34. The highest BCUT2D eigenvalue weighted by molar-refractivity contribution is 8.00. The van der Waals surface area contributed by atoms with Crippen molar-refractivity contribution < 1.29 is 14.5 Å². The minimum absolute atomic E-state index is 0.0401. The van der Waals surface area contributed by atoms with Gasteiger partial charge in [-0.25, -0.2) is 0 Å². The van der Waals surface area contributed by atoms with Crippen molar-refractivity contribution in [3.8, 4) is 5.75 Å². The van der Waals surface area contributed by atoms with E-state index in [1.165, 1.54) is 23.9 Å². The average Bonchev–Trinajstić information content (AvgIpc) is 2.59. The van der Waals surface area contributed by atoms with Gasteiger partial charge in [0.1, 0.15) is 5.75 Å². The van der Waals surface area contributed by atoms with E-state index in [4.69, 9.17) is 4.74 Å². The molecule has 1 amide bonds. The van der Waals surface area contributed by atoms with Gasteiger partial charge in [0.25, 0.3) is 5.69 Å². The Morgan fingerprint density at radius 2 is 1.83 bits per heavy atom. The van der Waals surface area contributed by atoms with Crippen LogP contribution in [0.5, 0.6) is 5.75 Å². The maximum atomic E-state index is 11.8. The number of methoxy groups -OCH3 is 1. The van der Waals surface area contributed by atoms with Crippen molar-refractivity contribution in [1.82, 2.24) is 5.32 Å². The van der Waals surface area contributed by atoms with E-state index in [2.05, 4.69) is 5.32 Å². The number of amides is 1. The standard InChI is InChI=1S/C16H16N2O4S/c1-22-14-6-2-12(3-7-14)10-17-16(19)11-23-15-8-4-13(5-9-15)18(20)21/h2-9H,10-11H2,1H3,(H,17,19). The molecule has 2 aromatic rings. The lowest BCUT2D eigenvalue weighted by Gasteiger charge is -2.06. The number of carbonyl (C=O) groups excluding carboxylic acids is 1. The summed E-state index contributed by atoms with van der Waals surface area (Å²) in [5.74, 6) is 0.937. The lowest BCUT2D eigenvalue weighted by atomic mass is 10.2. The van der Waals surface area contributed by atoms with E-state index in [-0.39, 0.29) is 17.3 Å². The topological polar surface area (TPSA) is 81.5 Å². The van der Waals surface area contributed by atoms with Crippen molar-refractivity contribution in [3.05, 3.63) is 64.2 Å². The first-order valence-corrected chi connectivity index (χ1v) is 7.84. The predicted octanol–water partition coefficient (Wildman–Crippen LogP) is 3.01. The zero-order chi connectivity index (χ0) is 16.7. The van der Waals surface area contributed by atoms with Crippen molar-refractivity contribution in [2.45, 2.75) is 11.4 Å². The lowest BCUT2D eigenvalue weighted by molar-refractivity contribution is -0.384. The van der Waals surface area contributed by atoms with Crippen LogP contribution in [-0.4, -0.2) is 23.7 Å². The number of ether oxygens (including phenoxy) is 1. The highest BCUT2D eigenvalue weighted by Gasteiger charge is 2.06. The Bertz CT molecular complexity index is 671. The minimum Gasteiger partial charge on any atom is -0.497 e. The summed E-state index contributed by atoms with van der Waals surface area (Å²) in [4.78, 5) is 22.8. The normalized spacial score (nSPS) is 10.1. The first-order valence-electron chi connectivity index (χ1n) is 6.85. The summed E-state index contributed by atoms with van der Waals surface area (Å²) in [5.41, 5.74) is 1.03. The zero-order valence-corrected chi connectivity index (χ0v) is 13.3. The number of carbonyl (C=O) groups is 1. The number of hydrogen-bond acceptors (Lipinski definition) is 5. The molecule has 2 aromatic carbocycles. The fraction of sp³-hybridized carbons (Fsp3) is 0.188. The Morgan fingerprint density at radius 3 is 2.39 bits per heavy atom. The number of benzene rings is 2. The highest BCUT2D eigenvalue weighted by atomic mass is 32.2. The summed E-state index contributed by atoms with van der Waals surface area (Å²) in [6, 6.07) is 13.6. The van der Waals surface area contributed by atoms with Gasteiger partial charge in [-0.05, 0) is 29.8 Å². The van der Waals surface area contributed by atoms with Gasteiger partial charge in [-0.3, -0.25) is 14.9 Å². The molecule has 0 aliphatic carbocycles. The molecular formula is C16H16N2O4S. The Kier molecular flexibility index (Phi) is 5.99. The summed E-state index contributed by atoms with van der Waals surface area (Å²) < 4.78 is 5.07. The SMILES string of the molecule is COc1ccc(CNC(=O)CSc2ccc([N+](=O)[O-])cc2)cc1. The first-order chi connectivity index (χ1) is 11.1. The van der Waals surface area contributed by atoms with Gasteiger partial charge >= 0.3 is 0 Å². The van der Waals surface area contributed by atoms with Gasteiger partial charge in [-0.15, -0.1) is 11.8 Å². The summed E-state index contributed by atoms with van der Waals surface area (Å²) in [6.07, 6.45) is 0. The highest BCUT2D eigenvalue weighted by Crippen LogP contribution is 2.21. The van der Waals surface area contributed by atoms with Crippen LogP contribution >= 0.6 is 11.8 Å². The number of nitro benzene ring substituents is 1. The molecule has 0 unspecified atom stereocenters. The van der Waals surface area contributed by atoms with Gasteiger partial charge in [0.15, 0.2) is 0 Å². The molecule has 2 rings (SSSR count). The zero-order valence-electron chi connectivity index (χ0n) is 12.5. The lowest BCUT2D eigenvalue weighted by Crippen LogP contribution is -2.24. The second-order valence-electron chi connectivity index (χ2n) is 4.66. The van der Waals surface area contributed by atoms with Gasteiger partial charge in [0.2, 0.25) is 5.91 Å². The molecule has 0 saturated heterocycles. The number of non-ortho nitro benzene ring substituents is 1. The molecule has 0 bridgehead atoms. The van der Waals surface area contributed by atoms with E-state index < -0.39 is 4.92 Å². The van der Waals surface area contributed by atoms with Gasteiger partial charge in [0, 0.05) is 23.6 Å². The van der Waals surface area contributed by atoms with E-state index in [0.717, 1.165) is 16.2 Å². The van der Waals surface area contributed by atoms with Crippen LogP contribution in [0, 0.1) is 10.1 Å². The van der Waals surface area contributed by atoms with Gasteiger partial charge in [0.05, 0.1) is 17.8 Å². The Hall–Kier alpha value is -2.54. The molecule has 0 aliphatic heterocycles. The fourth-order valence-electron chi connectivity index (χ4n) is 1.81. The average molecular weight is 332 g/mol. The van der Waals surface area contributed by atoms with E-state index in [0.29, 0.717) is 6.54 Å². The number of rotatable bonds is 7. The van der Waals surface area contributed by atoms with E-state index in [9.17, 15) is 14.9 Å². The molecule has 0 radical (unpaired) electrons. The summed E-state index contributed by atoms with van der Waals surface area (Å²) in [5, 5.41) is 13.4. The molecule has 6 nitrogen and oxygen atoms in total. The van der Waals surface area contributed by atoms with Crippen molar-refractivity contribution in [3.63, 3.8) is 0 Å². The summed E-state index contributed by atoms with van der Waals surface area (Å²) in [6.45, 7) is 0.448. The number of thioether (sulfide) groups is 1. The third-order valence-electron chi connectivity index (χ3n) is 3.07. The molecule has 1 N–H and O–H groups in total. The number of hydrogen-bond donors (Lipinski definition) is 1. The Balaban J connectivity index is 1.77. The van der Waals surface area contributed by atoms with Crippen LogP contribution in [0.1, 0.15) is 5.56 Å². The fourth-order valence-corrected chi connectivity index (χ4v) is 2.54. The van der Waals surface area contributed by atoms with Gasteiger partial charge in [-0.2, -0.15) is 0 Å². The van der Waals surface area contributed by atoms with Crippen LogP contribution in [0.4, 0.5) is 5.69 Å². The van der Waals surface area contributed by atoms with Crippen LogP contribution in [0.15, 0.2) is 53.4 Å². The quantitative estimate of drug-likeness (QED) is 0.479. The van der Waals surface area contributed by atoms with Crippen molar-refractivity contribution in [2.24, 2.45) is 0 Å². The molecule has 0 saturated carbocycles. The maximum absolute atomic E-state index is 11.8. The molecule has 0 aliphatic rings. The van der Waals surface area contributed by atoms with Crippen LogP contribution in [0.3, 0.4) is 0 Å². The second kappa shape index (κ2) is 8.19. The van der Waals surface area contributed by atoms with E-state index >= 15 is 0 Å². The first kappa shape index (κ1) is 16.8. The molecule has 0 fully saturated rings. The Morgan fingerprint density at radius 1 is 1.17 bits per heavy atom. The third-order valence-corrected chi connectivity index (χ3v) is 4.08. The van der Waals surface area contributed by atoms with E-state index in [1.807, 2.05) is 24.3 Å². The molecule has 0 heterocycles. The van der Waals surface area contributed by atoms with Crippen LogP contribution in [-0.2, 0) is 11.3 Å². The predicted molar refractivity (Wildman–Crippen MR) is 88.7 cm³/mol. The molecule has 0 atom stereocenters. The molecule has 23 heavy (non-hydrogen) atoms. The molecule has 0 aromatic heterocycles. The van der Waals surface area contributed by atoms with E-state index in [1.54, 1.807) is 19.2 Å². The van der Waals surface area contributed by atoms with Gasteiger partial charge < -0.3 is 10.1 Å². The number of nitro groups is 1. The van der Waals surface area contributed by atoms with Crippen LogP contribution in [0.25, 0.3) is 0 Å². The Labute approximate surface area is 138 Å². The minimum atomic E-state index is -0.448. The largest absolute Gasteiger partial charge is 0.497 e. The van der Waals surface area contributed by atoms with Crippen molar-refractivity contribution in [2.75, 3.05) is 12.9 Å². The second-order valence-corrected chi connectivity index (χ2v) is 5.71. The molecular weight excluding hydrogens is 316 g/mol. The molecule has 7 heteroatoms. The third kappa shape index (κ3) is 5.30. The monoisotopic (exact) mass is 332 g/mol. The van der Waals surface area contributed by atoms with Crippen molar-refractivity contribution >= 4 is 23.4 Å². The van der Waals surface area contributed by atoms with Crippen LogP contribution in [0.2, 0.25) is 0 Å².